The van der Waals surface area contributed by atoms with Gasteiger partial charge >= 0.3 is 5.92 Å². The van der Waals surface area contributed by atoms with E-state index in [0.29, 0.717) is 17.1 Å². The van der Waals surface area contributed by atoms with Crippen LogP contribution in [0.25, 0.3) is 11.1 Å². The van der Waals surface area contributed by atoms with Crippen molar-refractivity contribution in [2.24, 2.45) is 5.92 Å². The molecule has 1 aromatic carbocycles. The lowest BCUT2D eigenvalue weighted by molar-refractivity contribution is -0.161. The van der Waals surface area contributed by atoms with Gasteiger partial charge in [0.05, 0.1) is 6.54 Å². The average Bonchev–Trinajstić information content (AvgIpc) is 3.72. The van der Waals surface area contributed by atoms with E-state index in [9.17, 15) is 18.4 Å². The maximum absolute atomic E-state index is 14.7. The highest BCUT2D eigenvalue weighted by molar-refractivity contribution is 5.95. The van der Waals surface area contributed by atoms with Gasteiger partial charge in [-0.2, -0.15) is 0 Å². The van der Waals surface area contributed by atoms with E-state index in [1.54, 1.807) is 43.7 Å². The monoisotopic (exact) mass is 522 g/mol. The van der Waals surface area contributed by atoms with Crippen molar-refractivity contribution in [1.82, 2.24) is 14.9 Å². The summed E-state index contributed by atoms with van der Waals surface area (Å²) in [7, 11) is 0. The van der Waals surface area contributed by atoms with Crippen LogP contribution in [-0.4, -0.2) is 63.5 Å². The Balaban J connectivity index is 1.23. The maximum atomic E-state index is 14.7. The number of nitrogens with one attached hydrogen (secondary N) is 1. The number of nitrogens with zero attached hydrogens (tertiary/aromatic N) is 3. The third-order valence-corrected chi connectivity index (χ3v) is 7.05. The molecule has 0 spiro atoms. The molecule has 10 heteroatoms. The number of carbonyl (C=O) groups is 2. The number of halogens is 2. The zero-order valence-electron chi connectivity index (χ0n) is 20.8. The molecule has 1 unspecified atom stereocenters. The van der Waals surface area contributed by atoms with Crippen LogP contribution < -0.4 is 10.1 Å². The Labute approximate surface area is 218 Å². The van der Waals surface area contributed by atoms with Gasteiger partial charge in [-0.05, 0) is 71.8 Å². The number of piperidine rings is 1. The van der Waals surface area contributed by atoms with E-state index in [1.165, 1.54) is 0 Å². The summed E-state index contributed by atoms with van der Waals surface area (Å²) in [5, 5.41) is 11.9. The summed E-state index contributed by atoms with van der Waals surface area (Å²) in [6, 6.07) is 12.7. The summed E-state index contributed by atoms with van der Waals surface area (Å²) in [4.78, 5) is 33.7. The van der Waals surface area contributed by atoms with E-state index < -0.39 is 31.1 Å². The number of aromatic nitrogens is 2. The van der Waals surface area contributed by atoms with Crippen molar-refractivity contribution in [3.8, 4) is 16.9 Å². The van der Waals surface area contributed by atoms with E-state index in [0.717, 1.165) is 28.0 Å². The molecule has 8 nitrogen and oxygen atoms in total. The molecular formula is C28H28F2N4O4. The fraction of sp³-hybridized carbons (Fsp3) is 0.357. The van der Waals surface area contributed by atoms with Gasteiger partial charge in [0.2, 0.25) is 11.8 Å². The number of pyridine rings is 2. The first-order valence-corrected chi connectivity index (χ1v) is 12.5. The van der Waals surface area contributed by atoms with Gasteiger partial charge in [-0.3, -0.25) is 14.6 Å². The number of benzene rings is 1. The molecule has 5 rings (SSSR count). The number of anilines is 1. The Bertz CT molecular complexity index is 1340. The molecule has 1 saturated heterocycles. The number of aryl methyl sites for hydroxylation is 1. The lowest BCUT2D eigenvalue weighted by atomic mass is 10.0. The zero-order chi connectivity index (χ0) is 26.9. The summed E-state index contributed by atoms with van der Waals surface area (Å²) in [6.07, 6.45) is 4.45. The van der Waals surface area contributed by atoms with E-state index in [4.69, 9.17) is 9.84 Å². The first-order chi connectivity index (χ1) is 18.2. The fourth-order valence-electron chi connectivity index (χ4n) is 4.84. The summed E-state index contributed by atoms with van der Waals surface area (Å²) in [6.45, 7) is 0.279. The number of alkyl halides is 2. The minimum atomic E-state index is -3.25. The molecule has 1 saturated carbocycles. The van der Waals surface area contributed by atoms with Gasteiger partial charge in [-0.25, -0.2) is 13.8 Å². The number of ether oxygens (including phenoxy) is 1. The highest BCUT2D eigenvalue weighted by atomic mass is 19.3. The summed E-state index contributed by atoms with van der Waals surface area (Å²) in [5.41, 5.74) is 3.36. The van der Waals surface area contributed by atoms with Crippen molar-refractivity contribution in [1.29, 1.82) is 0 Å². The van der Waals surface area contributed by atoms with Crippen molar-refractivity contribution in [3.05, 3.63) is 72.2 Å². The van der Waals surface area contributed by atoms with Crippen LogP contribution in [0.1, 0.15) is 29.9 Å². The SMILES string of the molecule is Cc1cc(-c2ccnc(NC(=O)[C@@H]3CC3c3cccnc3)c2)ccc1O[C@H]1CCN(C(=O)CO)CC1(F)F. The molecule has 2 aliphatic rings. The number of carbonyl (C=O) groups excluding carboxylic acids is 2. The quantitative estimate of drug-likeness (QED) is 0.489. The second kappa shape index (κ2) is 10.4. The molecule has 1 aliphatic heterocycles. The van der Waals surface area contributed by atoms with Gasteiger partial charge in [-0.15, -0.1) is 0 Å². The summed E-state index contributed by atoms with van der Waals surface area (Å²) >= 11 is 0. The normalized spacial score (nSPS) is 22.0. The lowest BCUT2D eigenvalue weighted by Crippen LogP contribution is -2.55. The number of likely N-dealkylation sites (tertiary alicyclic amines) is 1. The van der Waals surface area contributed by atoms with Crippen LogP contribution in [0.4, 0.5) is 14.6 Å². The van der Waals surface area contributed by atoms with Gasteiger partial charge < -0.3 is 20.1 Å². The average molecular weight is 523 g/mol. The van der Waals surface area contributed by atoms with E-state index >= 15 is 0 Å². The fourth-order valence-corrected chi connectivity index (χ4v) is 4.84. The molecule has 0 radical (unpaired) electrons. The van der Waals surface area contributed by atoms with Crippen LogP contribution in [0.2, 0.25) is 0 Å². The van der Waals surface area contributed by atoms with Crippen LogP contribution in [0.15, 0.2) is 61.1 Å². The smallest absolute Gasteiger partial charge is 0.301 e. The minimum absolute atomic E-state index is 0.0457. The number of hydrogen-bond acceptors (Lipinski definition) is 6. The Morgan fingerprint density at radius 2 is 2.00 bits per heavy atom. The lowest BCUT2D eigenvalue weighted by Gasteiger charge is -2.38. The van der Waals surface area contributed by atoms with Crippen LogP contribution in [0, 0.1) is 12.8 Å². The second-order valence-corrected chi connectivity index (χ2v) is 9.76. The van der Waals surface area contributed by atoms with Crippen molar-refractivity contribution < 1.29 is 28.2 Å². The topological polar surface area (TPSA) is 105 Å². The Morgan fingerprint density at radius 3 is 2.71 bits per heavy atom. The van der Waals surface area contributed by atoms with Gasteiger partial charge in [0.25, 0.3) is 0 Å². The molecule has 2 fully saturated rings. The number of amides is 2. The highest BCUT2D eigenvalue weighted by Crippen LogP contribution is 2.47. The van der Waals surface area contributed by atoms with Crippen LogP contribution >= 0.6 is 0 Å². The number of aliphatic hydroxyl groups excluding tert-OH is 1. The Kier molecular flexibility index (Phi) is 7.07. The Morgan fingerprint density at radius 1 is 1.18 bits per heavy atom. The number of aliphatic hydroxyl groups is 1. The highest BCUT2D eigenvalue weighted by Gasteiger charge is 2.47. The molecule has 2 N–H and O–H groups in total. The zero-order valence-corrected chi connectivity index (χ0v) is 20.8. The van der Waals surface area contributed by atoms with Crippen LogP contribution in [-0.2, 0) is 9.59 Å². The molecule has 3 heterocycles. The minimum Gasteiger partial charge on any atom is -0.484 e. The number of rotatable bonds is 7. The molecule has 3 atom stereocenters. The summed E-state index contributed by atoms with van der Waals surface area (Å²) < 4.78 is 35.0. The van der Waals surface area contributed by atoms with E-state index in [1.807, 2.05) is 24.3 Å². The van der Waals surface area contributed by atoms with Crippen molar-refractivity contribution >= 4 is 17.6 Å². The maximum Gasteiger partial charge on any atom is 0.301 e. The third kappa shape index (κ3) is 5.50. The molecule has 0 bridgehead atoms. The van der Waals surface area contributed by atoms with Gasteiger partial charge in [-0.1, -0.05) is 12.1 Å². The van der Waals surface area contributed by atoms with Gasteiger partial charge in [0, 0.05) is 37.5 Å². The molecule has 3 aromatic rings. The van der Waals surface area contributed by atoms with Crippen molar-refractivity contribution in [3.63, 3.8) is 0 Å². The number of hydrogen-bond donors (Lipinski definition) is 2. The van der Waals surface area contributed by atoms with Gasteiger partial charge in [0.1, 0.15) is 18.2 Å². The van der Waals surface area contributed by atoms with Gasteiger partial charge in [0.15, 0.2) is 6.10 Å². The second-order valence-electron chi connectivity index (χ2n) is 9.76. The predicted octanol–water partition coefficient (Wildman–Crippen LogP) is 3.80. The standard InChI is InChI=1S/C28H28F2N4O4/c1-17-11-18(4-5-23(17)38-24-7-10-34(26(36)15-35)16-28(24,29)30)19-6-9-32-25(12-19)33-27(37)22-13-21(22)20-3-2-8-31-14-20/h2-6,8-9,11-12,14,21-22,24,35H,7,10,13,15-16H2,1H3,(H,32,33,37)/t21?,22-,24+/m1/s1. The van der Waals surface area contributed by atoms with Crippen molar-refractivity contribution in [2.75, 3.05) is 25.0 Å². The van der Waals surface area contributed by atoms with Crippen molar-refractivity contribution in [2.45, 2.75) is 37.7 Å². The summed E-state index contributed by atoms with van der Waals surface area (Å²) in [5.74, 6) is -3.24. The Hall–Kier alpha value is -3.92. The molecular weight excluding hydrogens is 494 g/mol. The van der Waals surface area contributed by atoms with E-state index in [2.05, 4.69) is 15.3 Å². The molecule has 198 valence electrons. The first kappa shape index (κ1) is 25.7. The molecule has 2 aromatic heterocycles. The molecule has 1 aliphatic carbocycles. The van der Waals surface area contributed by atoms with Crippen LogP contribution in [0.5, 0.6) is 5.75 Å². The largest absolute Gasteiger partial charge is 0.484 e. The molecule has 2 amide bonds. The first-order valence-electron chi connectivity index (χ1n) is 12.5. The molecule has 38 heavy (non-hydrogen) atoms. The van der Waals surface area contributed by atoms with Crippen LogP contribution in [0.3, 0.4) is 0 Å². The van der Waals surface area contributed by atoms with E-state index in [-0.39, 0.29) is 30.7 Å². The predicted molar refractivity (Wildman–Crippen MR) is 136 cm³/mol. The third-order valence-electron chi connectivity index (χ3n) is 7.05.